The van der Waals surface area contributed by atoms with E-state index in [-0.39, 0.29) is 5.56 Å². The minimum Gasteiger partial charge on any atom is -0.323 e. The summed E-state index contributed by atoms with van der Waals surface area (Å²) in [5.41, 5.74) is 2.65. The Bertz CT molecular complexity index is 1450. The number of nitrogens with one attached hydrogen (secondary N) is 4. The van der Waals surface area contributed by atoms with Gasteiger partial charge in [-0.05, 0) is 54.9 Å². The predicted octanol–water partition coefficient (Wildman–Crippen LogP) is 4.29. The Kier molecular flexibility index (Phi) is 3.88. The molecular weight excluding hydrogens is 398 g/mol. The highest BCUT2D eigenvalue weighted by Crippen LogP contribution is 2.40. The van der Waals surface area contributed by atoms with E-state index in [2.05, 4.69) is 31.8 Å². The molecule has 5 aromatic rings. The van der Waals surface area contributed by atoms with Crippen molar-refractivity contribution in [2.75, 3.05) is 5.32 Å². The highest BCUT2D eigenvalue weighted by molar-refractivity contribution is 7.99. The van der Waals surface area contributed by atoms with Crippen LogP contribution in [0.15, 0.2) is 63.4 Å². The second-order valence-corrected chi connectivity index (χ2v) is 8.41. The molecule has 30 heavy (non-hydrogen) atoms. The Labute approximate surface area is 174 Å². The maximum absolute atomic E-state index is 11.7. The van der Waals surface area contributed by atoms with Crippen LogP contribution in [0.3, 0.4) is 0 Å². The van der Waals surface area contributed by atoms with Gasteiger partial charge in [-0.25, -0.2) is 9.97 Å². The smallest absolute Gasteiger partial charge is 0.271 e. The van der Waals surface area contributed by atoms with Crippen molar-refractivity contribution in [1.82, 2.24) is 30.4 Å². The van der Waals surface area contributed by atoms with E-state index in [0.717, 1.165) is 27.1 Å². The van der Waals surface area contributed by atoms with Crippen LogP contribution in [-0.2, 0) is 0 Å². The first kappa shape index (κ1) is 17.3. The van der Waals surface area contributed by atoms with Crippen molar-refractivity contribution in [3.05, 3.63) is 64.6 Å². The third-order valence-corrected chi connectivity index (χ3v) is 6.05. The SMILES string of the molecule is O=c1[nH][nH]c2cc(Sc3nc(Nc4cc(C5CC5)[nH]n4)c4ccccc4n3)ccc12. The average molecular weight is 415 g/mol. The number of rotatable bonds is 5. The van der Waals surface area contributed by atoms with E-state index in [1.54, 1.807) is 6.07 Å². The average Bonchev–Trinajstić information content (AvgIpc) is 3.40. The van der Waals surface area contributed by atoms with E-state index in [0.29, 0.717) is 22.3 Å². The summed E-state index contributed by atoms with van der Waals surface area (Å²) in [5, 5.41) is 18.5. The molecule has 0 amide bonds. The molecule has 1 aliphatic rings. The third kappa shape index (κ3) is 3.13. The van der Waals surface area contributed by atoms with Crippen molar-refractivity contribution >= 4 is 45.2 Å². The van der Waals surface area contributed by atoms with E-state index >= 15 is 0 Å². The fourth-order valence-corrected chi connectivity index (χ4v) is 4.31. The third-order valence-electron chi connectivity index (χ3n) is 5.20. The fraction of sp³-hybridized carbons (Fsp3) is 0.143. The summed E-state index contributed by atoms with van der Waals surface area (Å²) >= 11 is 1.44. The molecule has 1 saturated carbocycles. The van der Waals surface area contributed by atoms with Gasteiger partial charge in [-0.3, -0.25) is 20.1 Å². The van der Waals surface area contributed by atoms with Crippen LogP contribution in [0, 0.1) is 0 Å². The van der Waals surface area contributed by atoms with Gasteiger partial charge in [0.2, 0.25) is 0 Å². The zero-order chi connectivity index (χ0) is 20.1. The van der Waals surface area contributed by atoms with Crippen LogP contribution in [0.25, 0.3) is 21.8 Å². The summed E-state index contributed by atoms with van der Waals surface area (Å²) in [5.74, 6) is 2.08. The molecule has 148 valence electrons. The highest BCUT2D eigenvalue weighted by Gasteiger charge is 2.25. The van der Waals surface area contributed by atoms with Crippen LogP contribution in [0.5, 0.6) is 0 Å². The summed E-state index contributed by atoms with van der Waals surface area (Å²) in [6.07, 6.45) is 2.44. The Morgan fingerprint density at radius 2 is 1.90 bits per heavy atom. The van der Waals surface area contributed by atoms with E-state index in [1.807, 2.05) is 36.4 Å². The number of hydrogen-bond acceptors (Lipinski definition) is 6. The lowest BCUT2D eigenvalue weighted by atomic mass is 10.2. The van der Waals surface area contributed by atoms with Gasteiger partial charge < -0.3 is 5.32 Å². The molecule has 3 heterocycles. The number of H-pyrrole nitrogens is 3. The van der Waals surface area contributed by atoms with Gasteiger partial charge >= 0.3 is 0 Å². The van der Waals surface area contributed by atoms with Gasteiger partial charge in [-0.1, -0.05) is 12.1 Å². The molecule has 1 fully saturated rings. The summed E-state index contributed by atoms with van der Waals surface area (Å²) in [6.45, 7) is 0. The Morgan fingerprint density at radius 3 is 2.80 bits per heavy atom. The van der Waals surface area contributed by atoms with Crippen LogP contribution >= 0.6 is 11.8 Å². The number of fused-ring (bicyclic) bond motifs is 2. The Morgan fingerprint density at radius 1 is 1.00 bits per heavy atom. The van der Waals surface area contributed by atoms with Gasteiger partial charge in [-0.2, -0.15) is 5.10 Å². The molecule has 4 N–H and O–H groups in total. The van der Waals surface area contributed by atoms with Gasteiger partial charge in [0.25, 0.3) is 5.56 Å². The molecule has 0 saturated heterocycles. The molecule has 6 rings (SSSR count). The quantitative estimate of drug-likeness (QED) is 0.318. The maximum atomic E-state index is 11.7. The van der Waals surface area contributed by atoms with E-state index < -0.39 is 0 Å². The van der Waals surface area contributed by atoms with Crippen molar-refractivity contribution in [3.63, 3.8) is 0 Å². The number of para-hydroxylation sites is 1. The Balaban J connectivity index is 1.37. The molecule has 0 atom stereocenters. The lowest BCUT2D eigenvalue weighted by molar-refractivity contribution is 0.964. The predicted molar refractivity (Wildman–Crippen MR) is 116 cm³/mol. The van der Waals surface area contributed by atoms with Crippen LogP contribution in [0.2, 0.25) is 0 Å². The van der Waals surface area contributed by atoms with Crippen molar-refractivity contribution in [3.8, 4) is 0 Å². The second-order valence-electron chi connectivity index (χ2n) is 7.37. The van der Waals surface area contributed by atoms with E-state index in [1.165, 1.54) is 30.3 Å². The lowest BCUT2D eigenvalue weighted by Crippen LogP contribution is -1.99. The topological polar surface area (TPSA) is 115 Å². The normalized spacial score (nSPS) is 13.9. The standard InChI is InChI=1S/C21H17N7OS/c29-20-14-8-7-12(9-17(14)26-28-20)30-21-22-15-4-2-1-3-13(15)19(24-21)23-18-10-16(25-27-18)11-5-6-11/h1-4,7-11H,5-6H2,(H2,26,28,29)(H2,22,23,24,25,27). The number of aromatic nitrogens is 6. The van der Waals surface area contributed by atoms with Crippen LogP contribution in [0.4, 0.5) is 11.6 Å². The molecule has 3 aromatic heterocycles. The van der Waals surface area contributed by atoms with Crippen LogP contribution in [0.1, 0.15) is 24.5 Å². The molecule has 2 aromatic carbocycles. The summed E-state index contributed by atoms with van der Waals surface area (Å²) in [6, 6.07) is 15.6. The zero-order valence-corrected chi connectivity index (χ0v) is 16.6. The molecule has 0 aliphatic heterocycles. The van der Waals surface area contributed by atoms with Crippen molar-refractivity contribution in [1.29, 1.82) is 0 Å². The largest absolute Gasteiger partial charge is 0.323 e. The minimum atomic E-state index is -0.125. The summed E-state index contributed by atoms with van der Waals surface area (Å²) in [7, 11) is 0. The van der Waals surface area contributed by atoms with Crippen molar-refractivity contribution < 1.29 is 0 Å². The monoisotopic (exact) mass is 415 g/mol. The van der Waals surface area contributed by atoms with Gasteiger partial charge in [0, 0.05) is 28.0 Å². The molecule has 0 radical (unpaired) electrons. The fourth-order valence-electron chi connectivity index (χ4n) is 3.51. The number of anilines is 2. The molecule has 9 heteroatoms. The van der Waals surface area contributed by atoms with E-state index in [4.69, 9.17) is 9.97 Å². The molecule has 0 bridgehead atoms. The van der Waals surface area contributed by atoms with Gasteiger partial charge in [0.05, 0.1) is 16.4 Å². The first-order valence-corrected chi connectivity index (χ1v) is 10.5. The highest BCUT2D eigenvalue weighted by atomic mass is 32.2. The molecule has 8 nitrogen and oxygen atoms in total. The lowest BCUT2D eigenvalue weighted by Gasteiger charge is -2.09. The zero-order valence-electron chi connectivity index (χ0n) is 15.8. The maximum Gasteiger partial charge on any atom is 0.271 e. The van der Waals surface area contributed by atoms with Crippen molar-refractivity contribution in [2.24, 2.45) is 0 Å². The summed E-state index contributed by atoms with van der Waals surface area (Å²) in [4.78, 5) is 22.1. The minimum absolute atomic E-state index is 0.125. The first-order valence-electron chi connectivity index (χ1n) is 9.70. The second kappa shape index (κ2) is 6.74. The molecule has 0 spiro atoms. The van der Waals surface area contributed by atoms with Gasteiger partial charge in [0.15, 0.2) is 11.0 Å². The number of aromatic amines is 3. The number of nitrogens with zero attached hydrogens (tertiary/aromatic N) is 3. The van der Waals surface area contributed by atoms with Gasteiger partial charge in [0.1, 0.15) is 5.82 Å². The molecular formula is C21H17N7OS. The van der Waals surface area contributed by atoms with Crippen molar-refractivity contribution in [2.45, 2.75) is 28.8 Å². The number of hydrogen-bond donors (Lipinski definition) is 4. The molecule has 1 aliphatic carbocycles. The number of benzene rings is 2. The molecule has 0 unspecified atom stereocenters. The Hall–Kier alpha value is -3.59. The summed E-state index contributed by atoms with van der Waals surface area (Å²) < 4.78 is 0. The first-order chi connectivity index (χ1) is 14.7. The van der Waals surface area contributed by atoms with Crippen LogP contribution < -0.4 is 10.9 Å². The van der Waals surface area contributed by atoms with E-state index in [9.17, 15) is 4.79 Å². The van der Waals surface area contributed by atoms with Crippen LogP contribution in [-0.4, -0.2) is 30.4 Å². The van der Waals surface area contributed by atoms with Gasteiger partial charge in [-0.15, -0.1) is 0 Å².